The van der Waals surface area contributed by atoms with Crippen LogP contribution in [0, 0.1) is 6.92 Å². The summed E-state index contributed by atoms with van der Waals surface area (Å²) in [4.78, 5) is 0.103. The van der Waals surface area contributed by atoms with Gasteiger partial charge in [0.25, 0.3) is 10.0 Å². The zero-order valence-electron chi connectivity index (χ0n) is 12.1. The molecule has 0 fully saturated rings. The molecule has 5 nitrogen and oxygen atoms in total. The minimum Gasteiger partial charge on any atom is -0.497 e. The molecule has 2 aromatic rings. The molecule has 21 heavy (non-hydrogen) atoms. The summed E-state index contributed by atoms with van der Waals surface area (Å²) in [6.07, 6.45) is 0. The molecular weight excluding hydrogens is 290 g/mol. The van der Waals surface area contributed by atoms with E-state index in [1.165, 1.54) is 13.2 Å². The first-order valence-corrected chi connectivity index (χ1v) is 7.76. The first-order valence-electron chi connectivity index (χ1n) is 6.28. The largest absolute Gasteiger partial charge is 0.497 e. The standard InChI is InChI=1S/C15H17NO4S/c1-11-4-9-15(14(10-11)20-3)21(17,18)16-12-5-7-13(19-2)8-6-12/h4-10,16H,1-3H3. The van der Waals surface area contributed by atoms with E-state index in [0.29, 0.717) is 17.2 Å². The first-order chi connectivity index (χ1) is 9.96. The Morgan fingerprint density at radius 3 is 2.19 bits per heavy atom. The molecule has 2 rings (SSSR count). The van der Waals surface area contributed by atoms with Crippen molar-refractivity contribution in [1.82, 2.24) is 0 Å². The summed E-state index contributed by atoms with van der Waals surface area (Å²) in [6.45, 7) is 1.87. The van der Waals surface area contributed by atoms with Crippen molar-refractivity contribution < 1.29 is 17.9 Å². The first kappa shape index (κ1) is 15.2. The lowest BCUT2D eigenvalue weighted by molar-refractivity contribution is 0.402. The summed E-state index contributed by atoms with van der Waals surface area (Å²) in [6, 6.07) is 11.6. The molecule has 0 unspecified atom stereocenters. The van der Waals surface area contributed by atoms with Crippen molar-refractivity contribution in [3.8, 4) is 11.5 Å². The molecule has 112 valence electrons. The number of aryl methyl sites for hydroxylation is 1. The zero-order valence-corrected chi connectivity index (χ0v) is 12.9. The highest BCUT2D eigenvalue weighted by atomic mass is 32.2. The Morgan fingerprint density at radius 2 is 1.62 bits per heavy atom. The summed E-state index contributed by atoms with van der Waals surface area (Å²) in [5, 5.41) is 0. The Kier molecular flexibility index (Phi) is 4.37. The second-order valence-electron chi connectivity index (χ2n) is 4.49. The summed E-state index contributed by atoms with van der Waals surface area (Å²) in [5.41, 5.74) is 1.38. The number of rotatable bonds is 5. The molecule has 2 aromatic carbocycles. The quantitative estimate of drug-likeness (QED) is 0.922. The van der Waals surface area contributed by atoms with Gasteiger partial charge in [0.1, 0.15) is 16.4 Å². The highest BCUT2D eigenvalue weighted by molar-refractivity contribution is 7.92. The monoisotopic (exact) mass is 307 g/mol. The summed E-state index contributed by atoms with van der Waals surface area (Å²) >= 11 is 0. The maximum Gasteiger partial charge on any atom is 0.265 e. The maximum absolute atomic E-state index is 12.4. The van der Waals surface area contributed by atoms with E-state index in [9.17, 15) is 8.42 Å². The molecule has 0 bridgehead atoms. The lowest BCUT2D eigenvalue weighted by Gasteiger charge is -2.12. The number of anilines is 1. The summed E-state index contributed by atoms with van der Waals surface area (Å²) in [7, 11) is -0.711. The predicted molar refractivity (Wildman–Crippen MR) is 81.5 cm³/mol. The van der Waals surface area contributed by atoms with Gasteiger partial charge < -0.3 is 9.47 Å². The second-order valence-corrected chi connectivity index (χ2v) is 6.14. The molecule has 0 aromatic heterocycles. The molecule has 6 heteroatoms. The van der Waals surface area contributed by atoms with Crippen LogP contribution in [0.5, 0.6) is 11.5 Å². The van der Waals surface area contributed by atoms with Crippen LogP contribution >= 0.6 is 0 Å². The van der Waals surface area contributed by atoms with E-state index in [-0.39, 0.29) is 4.90 Å². The highest BCUT2D eigenvalue weighted by Gasteiger charge is 2.19. The van der Waals surface area contributed by atoms with Crippen LogP contribution in [-0.2, 0) is 10.0 Å². The Balaban J connectivity index is 2.33. The van der Waals surface area contributed by atoms with Gasteiger partial charge in [0.15, 0.2) is 0 Å². The number of sulfonamides is 1. The van der Waals surface area contributed by atoms with Crippen molar-refractivity contribution in [2.24, 2.45) is 0 Å². The Morgan fingerprint density at radius 1 is 0.952 bits per heavy atom. The average Bonchev–Trinajstić information content (AvgIpc) is 2.47. The van der Waals surface area contributed by atoms with Gasteiger partial charge in [-0.15, -0.1) is 0 Å². The van der Waals surface area contributed by atoms with Gasteiger partial charge >= 0.3 is 0 Å². The number of benzene rings is 2. The van der Waals surface area contributed by atoms with Crippen LogP contribution in [0.3, 0.4) is 0 Å². The zero-order chi connectivity index (χ0) is 15.5. The van der Waals surface area contributed by atoms with Crippen molar-refractivity contribution in [3.05, 3.63) is 48.0 Å². The van der Waals surface area contributed by atoms with E-state index < -0.39 is 10.0 Å². The molecule has 0 radical (unpaired) electrons. The highest BCUT2D eigenvalue weighted by Crippen LogP contribution is 2.27. The van der Waals surface area contributed by atoms with Crippen LogP contribution in [-0.4, -0.2) is 22.6 Å². The molecule has 0 saturated heterocycles. The third-order valence-electron chi connectivity index (χ3n) is 2.95. The molecular formula is C15H17NO4S. The minimum atomic E-state index is -3.71. The molecule has 0 aliphatic rings. The van der Waals surface area contributed by atoms with E-state index in [1.807, 2.05) is 6.92 Å². The molecule has 0 spiro atoms. The van der Waals surface area contributed by atoms with Crippen molar-refractivity contribution in [2.75, 3.05) is 18.9 Å². The van der Waals surface area contributed by atoms with Crippen LogP contribution in [0.1, 0.15) is 5.56 Å². The number of nitrogens with one attached hydrogen (secondary N) is 1. The SMILES string of the molecule is COc1ccc(NS(=O)(=O)c2ccc(C)cc2OC)cc1. The van der Waals surface area contributed by atoms with E-state index in [0.717, 1.165) is 5.56 Å². The maximum atomic E-state index is 12.4. The fourth-order valence-electron chi connectivity index (χ4n) is 1.87. The number of methoxy groups -OCH3 is 2. The minimum absolute atomic E-state index is 0.103. The van der Waals surface area contributed by atoms with Crippen molar-refractivity contribution in [2.45, 2.75) is 11.8 Å². The Labute approximate surface area is 124 Å². The topological polar surface area (TPSA) is 64.6 Å². The van der Waals surface area contributed by atoms with Crippen molar-refractivity contribution >= 4 is 15.7 Å². The second kappa shape index (κ2) is 6.05. The van der Waals surface area contributed by atoms with Gasteiger partial charge in [0.05, 0.1) is 14.2 Å². The van der Waals surface area contributed by atoms with Gasteiger partial charge in [-0.2, -0.15) is 0 Å². The molecule has 1 N–H and O–H groups in total. The smallest absolute Gasteiger partial charge is 0.265 e. The van der Waals surface area contributed by atoms with Gasteiger partial charge in [0, 0.05) is 5.69 Å². The van der Waals surface area contributed by atoms with Crippen LogP contribution < -0.4 is 14.2 Å². The van der Waals surface area contributed by atoms with E-state index in [2.05, 4.69) is 4.72 Å². The third-order valence-corrected chi connectivity index (χ3v) is 4.37. The average molecular weight is 307 g/mol. The van der Waals surface area contributed by atoms with Crippen LogP contribution in [0.25, 0.3) is 0 Å². The lowest BCUT2D eigenvalue weighted by atomic mass is 10.2. The molecule has 0 heterocycles. The molecule has 0 saturated carbocycles. The van der Waals surface area contributed by atoms with Crippen LogP contribution in [0.15, 0.2) is 47.4 Å². The number of ether oxygens (including phenoxy) is 2. The predicted octanol–water partition coefficient (Wildman–Crippen LogP) is 2.81. The lowest BCUT2D eigenvalue weighted by Crippen LogP contribution is -2.14. The number of hydrogen-bond donors (Lipinski definition) is 1. The van der Waals surface area contributed by atoms with Gasteiger partial charge in [-0.05, 0) is 48.9 Å². The van der Waals surface area contributed by atoms with Gasteiger partial charge in [-0.3, -0.25) is 4.72 Å². The van der Waals surface area contributed by atoms with E-state index in [4.69, 9.17) is 9.47 Å². The van der Waals surface area contributed by atoms with Crippen molar-refractivity contribution in [1.29, 1.82) is 0 Å². The normalized spacial score (nSPS) is 11.0. The fourth-order valence-corrected chi connectivity index (χ4v) is 3.08. The summed E-state index contributed by atoms with van der Waals surface area (Å²) < 4.78 is 37.6. The van der Waals surface area contributed by atoms with Crippen LogP contribution in [0.2, 0.25) is 0 Å². The molecule has 0 amide bonds. The fraction of sp³-hybridized carbons (Fsp3) is 0.200. The molecule has 0 atom stereocenters. The van der Waals surface area contributed by atoms with Crippen LogP contribution in [0.4, 0.5) is 5.69 Å². The van der Waals surface area contributed by atoms with E-state index in [1.54, 1.807) is 43.5 Å². The van der Waals surface area contributed by atoms with Crippen molar-refractivity contribution in [3.63, 3.8) is 0 Å². The molecule has 0 aliphatic carbocycles. The third kappa shape index (κ3) is 3.46. The van der Waals surface area contributed by atoms with Gasteiger partial charge in [-0.25, -0.2) is 8.42 Å². The summed E-state index contributed by atoms with van der Waals surface area (Å²) in [5.74, 6) is 0.974. The van der Waals surface area contributed by atoms with Gasteiger partial charge in [0.2, 0.25) is 0 Å². The molecule has 0 aliphatic heterocycles. The Bertz CT molecular complexity index is 724. The Hall–Kier alpha value is -2.21. The number of hydrogen-bond acceptors (Lipinski definition) is 4. The van der Waals surface area contributed by atoms with Gasteiger partial charge in [-0.1, -0.05) is 6.07 Å². The van der Waals surface area contributed by atoms with E-state index >= 15 is 0 Å².